The lowest BCUT2D eigenvalue weighted by Crippen LogP contribution is -2.00. The molecule has 5 nitrogen and oxygen atoms in total. The molecule has 0 aliphatic carbocycles. The molecule has 0 spiro atoms. The summed E-state index contributed by atoms with van der Waals surface area (Å²) in [6.45, 7) is 0. The van der Waals surface area contributed by atoms with Gasteiger partial charge in [-0.15, -0.1) is 0 Å². The second-order valence-corrected chi connectivity index (χ2v) is 7.67. The Balaban J connectivity index is 1.54. The average molecular weight is 424 g/mol. The third kappa shape index (κ3) is 3.40. The summed E-state index contributed by atoms with van der Waals surface area (Å²) in [7, 11) is 0. The normalized spacial score (nSPS) is 11.0. The summed E-state index contributed by atoms with van der Waals surface area (Å²) in [6.07, 6.45) is 0. The van der Waals surface area contributed by atoms with Crippen molar-refractivity contribution in [3.8, 4) is 40.2 Å². The van der Waals surface area contributed by atoms with E-state index in [4.69, 9.17) is 19.4 Å². The molecule has 0 bridgehead atoms. The Labute approximate surface area is 189 Å². The highest BCUT2D eigenvalue weighted by atomic mass is 16.3. The van der Waals surface area contributed by atoms with Crippen molar-refractivity contribution in [3.05, 3.63) is 103 Å². The zero-order chi connectivity index (χ0) is 22.2. The van der Waals surface area contributed by atoms with Crippen LogP contribution in [0.15, 0.2) is 101 Å². The minimum Gasteiger partial charge on any atom is -0.456 e. The fourth-order valence-electron chi connectivity index (χ4n) is 3.92. The summed E-state index contributed by atoms with van der Waals surface area (Å²) in [5.74, 6) is 1.80. The molecule has 0 radical (unpaired) electrons. The maximum absolute atomic E-state index is 9.19. The molecule has 0 unspecified atom stereocenters. The third-order valence-electron chi connectivity index (χ3n) is 5.56. The maximum atomic E-state index is 9.19. The van der Waals surface area contributed by atoms with Crippen LogP contribution >= 0.6 is 0 Å². The summed E-state index contributed by atoms with van der Waals surface area (Å²) >= 11 is 0. The van der Waals surface area contributed by atoms with E-state index in [0.717, 1.165) is 33.0 Å². The van der Waals surface area contributed by atoms with E-state index in [9.17, 15) is 5.26 Å². The number of nitrogens with zero attached hydrogens (tertiary/aromatic N) is 4. The van der Waals surface area contributed by atoms with Gasteiger partial charge in [0.2, 0.25) is 0 Å². The Bertz CT molecular complexity index is 1610. The molecule has 2 aromatic heterocycles. The molecule has 0 atom stereocenters. The second-order valence-electron chi connectivity index (χ2n) is 7.67. The fourth-order valence-corrected chi connectivity index (χ4v) is 3.92. The number of rotatable bonds is 3. The van der Waals surface area contributed by atoms with Gasteiger partial charge in [0.25, 0.3) is 0 Å². The van der Waals surface area contributed by atoms with Crippen LogP contribution in [0.1, 0.15) is 5.56 Å². The van der Waals surface area contributed by atoms with Crippen molar-refractivity contribution in [2.75, 3.05) is 0 Å². The van der Waals surface area contributed by atoms with Crippen molar-refractivity contribution in [2.24, 2.45) is 0 Å². The van der Waals surface area contributed by atoms with E-state index in [-0.39, 0.29) is 0 Å². The van der Waals surface area contributed by atoms with Crippen LogP contribution in [0.5, 0.6) is 0 Å². The second kappa shape index (κ2) is 7.70. The molecule has 0 saturated carbocycles. The molecule has 154 valence electrons. The van der Waals surface area contributed by atoms with Crippen molar-refractivity contribution in [3.63, 3.8) is 0 Å². The van der Waals surface area contributed by atoms with E-state index in [2.05, 4.69) is 6.07 Å². The number of nitriles is 1. The van der Waals surface area contributed by atoms with Gasteiger partial charge in [0.1, 0.15) is 11.2 Å². The zero-order valence-electron chi connectivity index (χ0n) is 17.4. The molecule has 0 fully saturated rings. The van der Waals surface area contributed by atoms with E-state index in [0.29, 0.717) is 28.6 Å². The number of hydrogen-bond donors (Lipinski definition) is 0. The van der Waals surface area contributed by atoms with Gasteiger partial charge in [0.15, 0.2) is 17.5 Å². The Morgan fingerprint density at radius 2 is 1.06 bits per heavy atom. The van der Waals surface area contributed by atoms with Gasteiger partial charge >= 0.3 is 0 Å². The number of furan rings is 1. The van der Waals surface area contributed by atoms with Crippen molar-refractivity contribution in [1.29, 1.82) is 5.26 Å². The number of benzene rings is 4. The van der Waals surface area contributed by atoms with Crippen LogP contribution in [0, 0.1) is 11.3 Å². The number of fused-ring (bicyclic) bond motifs is 3. The van der Waals surface area contributed by atoms with Crippen molar-refractivity contribution in [2.45, 2.75) is 0 Å². The maximum Gasteiger partial charge on any atom is 0.164 e. The summed E-state index contributed by atoms with van der Waals surface area (Å²) in [5, 5.41) is 11.1. The highest BCUT2D eigenvalue weighted by Crippen LogP contribution is 2.33. The molecular weight excluding hydrogens is 408 g/mol. The molecule has 0 N–H and O–H groups in total. The number of aromatic nitrogens is 3. The molecule has 6 rings (SSSR count). The zero-order valence-corrected chi connectivity index (χ0v) is 17.4. The average Bonchev–Trinajstić information content (AvgIpc) is 3.26. The van der Waals surface area contributed by atoms with Crippen LogP contribution in [0.2, 0.25) is 0 Å². The molecule has 0 amide bonds. The smallest absolute Gasteiger partial charge is 0.164 e. The minimum absolute atomic E-state index is 0.569. The molecule has 4 aromatic carbocycles. The Morgan fingerprint density at radius 1 is 0.545 bits per heavy atom. The van der Waals surface area contributed by atoms with Gasteiger partial charge < -0.3 is 4.42 Å². The molecule has 0 saturated heterocycles. The van der Waals surface area contributed by atoms with Crippen LogP contribution in [0.3, 0.4) is 0 Å². The molecule has 5 heteroatoms. The molecule has 6 aromatic rings. The summed E-state index contributed by atoms with van der Waals surface area (Å²) in [4.78, 5) is 14.3. The Morgan fingerprint density at radius 3 is 1.64 bits per heavy atom. The van der Waals surface area contributed by atoms with Gasteiger partial charge in [0.05, 0.1) is 11.6 Å². The molecule has 33 heavy (non-hydrogen) atoms. The third-order valence-corrected chi connectivity index (χ3v) is 5.56. The van der Waals surface area contributed by atoms with Gasteiger partial charge in [-0.2, -0.15) is 5.26 Å². The lowest BCUT2D eigenvalue weighted by atomic mass is 10.1. The van der Waals surface area contributed by atoms with Crippen molar-refractivity contribution < 1.29 is 4.42 Å². The van der Waals surface area contributed by atoms with Gasteiger partial charge in [-0.05, 0) is 30.3 Å². The first-order valence-electron chi connectivity index (χ1n) is 10.5. The van der Waals surface area contributed by atoms with Crippen molar-refractivity contribution in [1.82, 2.24) is 15.0 Å². The summed E-state index contributed by atoms with van der Waals surface area (Å²) in [6, 6.07) is 33.4. The molecule has 0 aliphatic rings. The largest absolute Gasteiger partial charge is 0.456 e. The quantitative estimate of drug-likeness (QED) is 0.318. The number of hydrogen-bond acceptors (Lipinski definition) is 5. The van der Waals surface area contributed by atoms with E-state index in [1.807, 2.05) is 84.9 Å². The minimum atomic E-state index is 0.569. The lowest BCUT2D eigenvalue weighted by Gasteiger charge is -2.08. The van der Waals surface area contributed by atoms with E-state index in [1.54, 1.807) is 12.1 Å². The Kier molecular flexibility index (Phi) is 4.41. The van der Waals surface area contributed by atoms with Crippen molar-refractivity contribution >= 4 is 21.9 Å². The van der Waals surface area contributed by atoms with Gasteiger partial charge in [-0.25, -0.2) is 15.0 Å². The van der Waals surface area contributed by atoms with E-state index >= 15 is 0 Å². The standard InChI is InChI=1S/C28H16N4O/c29-17-18-11-13-22-23-14-12-21(16-25(23)33-24(22)15-18)28-31-26(19-7-3-1-4-8-19)30-27(32-28)20-9-5-2-6-10-20/h1-16H. The Hall–Kier alpha value is -4.82. The van der Waals surface area contributed by atoms with Gasteiger partial charge in [-0.3, -0.25) is 0 Å². The highest BCUT2D eigenvalue weighted by molar-refractivity contribution is 6.06. The van der Waals surface area contributed by atoms with E-state index in [1.165, 1.54) is 0 Å². The van der Waals surface area contributed by atoms with Crippen LogP contribution in [-0.2, 0) is 0 Å². The first kappa shape index (κ1) is 18.9. The van der Waals surface area contributed by atoms with Crippen LogP contribution in [0.4, 0.5) is 0 Å². The highest BCUT2D eigenvalue weighted by Gasteiger charge is 2.14. The van der Waals surface area contributed by atoms with Crippen LogP contribution < -0.4 is 0 Å². The molecular formula is C28H16N4O. The predicted octanol–water partition coefficient (Wildman–Crippen LogP) is 6.64. The first-order chi connectivity index (χ1) is 16.3. The first-order valence-corrected chi connectivity index (χ1v) is 10.5. The van der Waals surface area contributed by atoms with Gasteiger partial charge in [0, 0.05) is 27.5 Å². The topological polar surface area (TPSA) is 75.6 Å². The lowest BCUT2D eigenvalue weighted by molar-refractivity contribution is 0.669. The van der Waals surface area contributed by atoms with Gasteiger partial charge in [-0.1, -0.05) is 66.7 Å². The summed E-state index contributed by atoms with van der Waals surface area (Å²) < 4.78 is 6.06. The summed E-state index contributed by atoms with van der Waals surface area (Å²) in [5.41, 5.74) is 4.66. The van der Waals surface area contributed by atoms with Crippen LogP contribution in [0.25, 0.3) is 56.1 Å². The van der Waals surface area contributed by atoms with Crippen LogP contribution in [-0.4, -0.2) is 15.0 Å². The monoisotopic (exact) mass is 424 g/mol. The SMILES string of the molecule is N#Cc1ccc2c(c1)oc1cc(-c3nc(-c4ccccc4)nc(-c4ccccc4)n3)ccc12. The molecule has 2 heterocycles. The fraction of sp³-hybridized carbons (Fsp3) is 0. The van der Waals surface area contributed by atoms with E-state index < -0.39 is 0 Å². The molecule has 0 aliphatic heterocycles. The predicted molar refractivity (Wildman–Crippen MR) is 128 cm³/mol.